The molecular formula is C39H70ClNO4S. The maximum Gasteiger partial charge on any atom is 0.337 e. The van der Waals surface area contributed by atoms with Crippen LogP contribution in [-0.2, 0) is 10.0 Å². The van der Waals surface area contributed by atoms with Gasteiger partial charge in [-0.3, -0.25) is 0 Å². The summed E-state index contributed by atoms with van der Waals surface area (Å²) in [5, 5.41) is 9.54. The molecule has 0 aliphatic carbocycles. The van der Waals surface area contributed by atoms with Crippen LogP contribution in [0.2, 0.25) is 5.02 Å². The highest BCUT2D eigenvalue weighted by molar-refractivity contribution is 7.89. The minimum atomic E-state index is -3.80. The molecule has 0 aliphatic heterocycles. The Balaban J connectivity index is 2.40. The van der Waals surface area contributed by atoms with Crippen molar-refractivity contribution in [3.8, 4) is 0 Å². The van der Waals surface area contributed by atoms with Gasteiger partial charge in [0.25, 0.3) is 0 Å². The van der Waals surface area contributed by atoms with Crippen molar-refractivity contribution < 1.29 is 18.3 Å². The van der Waals surface area contributed by atoms with Crippen LogP contribution >= 0.6 is 11.6 Å². The van der Waals surface area contributed by atoms with Gasteiger partial charge in [-0.25, -0.2) is 13.2 Å². The third kappa shape index (κ3) is 21.0. The van der Waals surface area contributed by atoms with Gasteiger partial charge in [-0.2, -0.15) is 4.31 Å². The van der Waals surface area contributed by atoms with Crippen LogP contribution in [0.4, 0.5) is 0 Å². The first kappa shape index (κ1) is 42.9. The molecule has 46 heavy (non-hydrogen) atoms. The fraction of sp³-hybridized carbons (Fsp3) is 0.821. The Labute approximate surface area is 289 Å². The molecule has 7 heteroatoms. The highest BCUT2D eigenvalue weighted by atomic mass is 35.5. The number of sulfonamides is 1. The molecule has 0 aromatic heterocycles. The molecule has 0 heterocycles. The molecule has 0 saturated carbocycles. The SMILES string of the molecule is CCCCCCCCCCCCCCCCN(CCCCCCCCCCCCCCCC)S(=O)(=O)c1ccc(Cl)c(C(=O)O)c1. The summed E-state index contributed by atoms with van der Waals surface area (Å²) in [6, 6.07) is 4.03. The van der Waals surface area contributed by atoms with E-state index in [1.165, 1.54) is 159 Å². The normalized spacial score (nSPS) is 11.9. The second-order valence-electron chi connectivity index (χ2n) is 13.5. The van der Waals surface area contributed by atoms with Crippen LogP contribution < -0.4 is 0 Å². The van der Waals surface area contributed by atoms with Gasteiger partial charge in [0, 0.05) is 13.1 Å². The monoisotopic (exact) mass is 683 g/mol. The summed E-state index contributed by atoms with van der Waals surface area (Å²) < 4.78 is 28.9. The Hall–Kier alpha value is -1.11. The number of unbranched alkanes of at least 4 members (excludes halogenated alkanes) is 26. The molecule has 0 unspecified atom stereocenters. The maximum absolute atomic E-state index is 13.6. The second-order valence-corrected chi connectivity index (χ2v) is 15.9. The van der Waals surface area contributed by atoms with E-state index < -0.39 is 16.0 Å². The van der Waals surface area contributed by atoms with Gasteiger partial charge in [0.2, 0.25) is 10.0 Å². The van der Waals surface area contributed by atoms with E-state index in [1.54, 1.807) is 4.31 Å². The summed E-state index contributed by atoms with van der Waals surface area (Å²) in [6.07, 6.45) is 35.3. The molecule has 0 amide bonds. The van der Waals surface area contributed by atoms with Gasteiger partial charge < -0.3 is 5.11 Å². The number of halogens is 1. The topological polar surface area (TPSA) is 74.7 Å². The standard InChI is InChI=1S/C39H70ClNO4S/c1-3-5-7-9-11-13-15-17-19-21-23-25-27-29-33-41(46(44,45)36-31-32-38(40)37(35-36)39(42)43)34-30-28-26-24-22-20-18-16-14-12-10-8-6-4-2/h31-32,35H,3-30,33-34H2,1-2H3,(H,42,43). The quantitative estimate of drug-likeness (QED) is 0.0748. The molecule has 0 radical (unpaired) electrons. The molecule has 1 rings (SSSR count). The molecule has 0 aliphatic rings. The molecule has 5 nitrogen and oxygen atoms in total. The Morgan fingerprint density at radius 3 is 1.17 bits per heavy atom. The van der Waals surface area contributed by atoms with E-state index in [0.29, 0.717) is 13.1 Å². The van der Waals surface area contributed by atoms with Gasteiger partial charge in [0.1, 0.15) is 0 Å². The minimum absolute atomic E-state index is 0.0185. The summed E-state index contributed by atoms with van der Waals surface area (Å²) in [6.45, 7) is 5.48. The number of benzene rings is 1. The third-order valence-corrected chi connectivity index (χ3v) is 11.6. The first-order chi connectivity index (χ1) is 22.3. The van der Waals surface area contributed by atoms with E-state index >= 15 is 0 Å². The van der Waals surface area contributed by atoms with Crippen molar-refractivity contribution in [3.05, 3.63) is 28.8 Å². The van der Waals surface area contributed by atoms with E-state index in [9.17, 15) is 18.3 Å². The molecular weight excluding hydrogens is 614 g/mol. The number of carbonyl (C=O) groups is 1. The predicted octanol–water partition coefficient (Wildman–Crippen LogP) is 13.0. The summed E-state index contributed by atoms with van der Waals surface area (Å²) in [5.41, 5.74) is -0.171. The summed E-state index contributed by atoms with van der Waals surface area (Å²) in [5.74, 6) is -1.22. The van der Waals surface area contributed by atoms with Crippen LogP contribution in [0.25, 0.3) is 0 Å². The zero-order valence-electron chi connectivity index (χ0n) is 29.9. The lowest BCUT2D eigenvalue weighted by molar-refractivity contribution is 0.0696. The van der Waals surface area contributed by atoms with Gasteiger partial charge in [0.05, 0.1) is 15.5 Å². The van der Waals surface area contributed by atoms with E-state index in [2.05, 4.69) is 13.8 Å². The molecule has 0 bridgehead atoms. The number of hydrogen-bond acceptors (Lipinski definition) is 3. The highest BCUT2D eigenvalue weighted by Crippen LogP contribution is 2.24. The summed E-state index contributed by atoms with van der Waals surface area (Å²) in [7, 11) is -3.80. The Kier molecular flexibility index (Phi) is 26.9. The lowest BCUT2D eigenvalue weighted by Gasteiger charge is -2.23. The first-order valence-corrected chi connectivity index (χ1v) is 21.2. The molecule has 268 valence electrons. The van der Waals surface area contributed by atoms with Crippen molar-refractivity contribution >= 4 is 27.6 Å². The van der Waals surface area contributed by atoms with Crippen molar-refractivity contribution in [1.29, 1.82) is 0 Å². The zero-order valence-corrected chi connectivity index (χ0v) is 31.4. The second kappa shape index (κ2) is 28.9. The average molecular weight is 685 g/mol. The van der Waals surface area contributed by atoms with E-state index in [-0.39, 0.29) is 15.5 Å². The van der Waals surface area contributed by atoms with E-state index in [1.807, 2.05) is 0 Å². The van der Waals surface area contributed by atoms with Crippen LogP contribution in [0.3, 0.4) is 0 Å². The van der Waals surface area contributed by atoms with Crippen molar-refractivity contribution in [2.24, 2.45) is 0 Å². The third-order valence-electron chi connectivity index (χ3n) is 9.33. The van der Waals surface area contributed by atoms with Crippen molar-refractivity contribution in [2.45, 2.75) is 199 Å². The zero-order chi connectivity index (χ0) is 33.7. The van der Waals surface area contributed by atoms with Crippen molar-refractivity contribution in [1.82, 2.24) is 4.31 Å². The fourth-order valence-corrected chi connectivity index (χ4v) is 8.04. The number of aromatic carboxylic acids is 1. The van der Waals surface area contributed by atoms with Gasteiger partial charge in [-0.15, -0.1) is 0 Å². The predicted molar refractivity (Wildman–Crippen MR) is 198 cm³/mol. The van der Waals surface area contributed by atoms with Gasteiger partial charge in [-0.1, -0.05) is 192 Å². The molecule has 1 N–H and O–H groups in total. The van der Waals surface area contributed by atoms with Crippen LogP contribution in [0.15, 0.2) is 23.1 Å². The van der Waals surface area contributed by atoms with Crippen LogP contribution in [-0.4, -0.2) is 36.9 Å². The Morgan fingerprint density at radius 1 is 0.565 bits per heavy atom. The van der Waals surface area contributed by atoms with Gasteiger partial charge >= 0.3 is 5.97 Å². The van der Waals surface area contributed by atoms with Gasteiger partial charge in [0.15, 0.2) is 0 Å². The molecule has 1 aromatic carbocycles. The van der Waals surface area contributed by atoms with Crippen LogP contribution in [0, 0.1) is 0 Å². The number of hydrogen-bond donors (Lipinski definition) is 1. The Morgan fingerprint density at radius 2 is 0.870 bits per heavy atom. The minimum Gasteiger partial charge on any atom is -0.478 e. The smallest absolute Gasteiger partial charge is 0.337 e. The van der Waals surface area contributed by atoms with Crippen molar-refractivity contribution in [3.63, 3.8) is 0 Å². The summed E-state index contributed by atoms with van der Waals surface area (Å²) in [4.78, 5) is 11.6. The largest absolute Gasteiger partial charge is 0.478 e. The molecule has 0 saturated heterocycles. The van der Waals surface area contributed by atoms with Crippen molar-refractivity contribution in [2.75, 3.05) is 13.1 Å². The van der Waals surface area contributed by atoms with E-state index in [4.69, 9.17) is 11.6 Å². The molecule has 0 fully saturated rings. The number of rotatable bonds is 33. The number of carboxylic acids is 1. The fourth-order valence-electron chi connectivity index (χ4n) is 6.30. The maximum atomic E-state index is 13.6. The molecule has 1 aromatic rings. The molecule has 0 atom stereocenters. The van der Waals surface area contributed by atoms with Crippen LogP contribution in [0.1, 0.15) is 204 Å². The van der Waals surface area contributed by atoms with E-state index in [0.717, 1.165) is 38.5 Å². The highest BCUT2D eigenvalue weighted by Gasteiger charge is 2.25. The first-order valence-electron chi connectivity index (χ1n) is 19.4. The Bertz CT molecular complexity index is 952. The summed E-state index contributed by atoms with van der Waals surface area (Å²) >= 11 is 6.04. The lowest BCUT2D eigenvalue weighted by atomic mass is 10.0. The number of carboxylic acid groups (broad SMARTS) is 1. The van der Waals surface area contributed by atoms with Crippen LogP contribution in [0.5, 0.6) is 0 Å². The van der Waals surface area contributed by atoms with Gasteiger partial charge in [-0.05, 0) is 31.0 Å². The lowest BCUT2D eigenvalue weighted by Crippen LogP contribution is -2.33. The number of nitrogens with zero attached hydrogens (tertiary/aromatic N) is 1. The molecule has 0 spiro atoms. The average Bonchev–Trinajstić information content (AvgIpc) is 3.03.